The summed E-state index contributed by atoms with van der Waals surface area (Å²) in [6.45, 7) is 1.46. The number of methoxy groups -OCH3 is 2. The fourth-order valence-electron chi connectivity index (χ4n) is 3.31. The fraction of sp³-hybridized carbons (Fsp3) is 0.300. The van der Waals surface area contributed by atoms with Crippen molar-refractivity contribution in [3.8, 4) is 11.8 Å². The second-order valence-electron chi connectivity index (χ2n) is 6.54. The van der Waals surface area contributed by atoms with Crippen LogP contribution in [0.1, 0.15) is 22.6 Å². The number of ether oxygens (including phenoxy) is 2. The van der Waals surface area contributed by atoms with E-state index in [0.29, 0.717) is 18.3 Å². The predicted molar refractivity (Wildman–Crippen MR) is 106 cm³/mol. The molecule has 0 saturated heterocycles. The first-order valence-electron chi connectivity index (χ1n) is 9.07. The van der Waals surface area contributed by atoms with E-state index in [1.807, 2.05) is 24.4 Å². The molecule has 0 aromatic carbocycles. The summed E-state index contributed by atoms with van der Waals surface area (Å²) < 4.78 is 10.5. The van der Waals surface area contributed by atoms with Crippen molar-refractivity contribution >= 4 is 11.6 Å². The van der Waals surface area contributed by atoms with Gasteiger partial charge in [-0.1, -0.05) is 12.1 Å². The average Bonchev–Trinajstić information content (AvgIpc) is 3.16. The van der Waals surface area contributed by atoms with Crippen LogP contribution >= 0.6 is 0 Å². The maximum atomic E-state index is 5.40. The standard InChI is InChI=1S/C20H22N6O2/c1-27-17-6-4-14(10-23-17)9-22-16-5-3-13(8-21-16)7-15-11-24-19-18(15)20(28-2)26-12-25-19/h3-6,8,10,12,15H,7,9,11H2,1-2H3,(H,21,22)(H,24,25,26). The molecule has 1 atom stereocenters. The monoisotopic (exact) mass is 378 g/mol. The van der Waals surface area contributed by atoms with Gasteiger partial charge in [0.05, 0.1) is 19.8 Å². The van der Waals surface area contributed by atoms with Crippen LogP contribution in [0.2, 0.25) is 0 Å². The second-order valence-corrected chi connectivity index (χ2v) is 6.54. The molecule has 28 heavy (non-hydrogen) atoms. The molecular weight excluding hydrogens is 356 g/mol. The Kier molecular flexibility index (Phi) is 5.18. The molecule has 0 fully saturated rings. The van der Waals surface area contributed by atoms with Gasteiger partial charge in [-0.3, -0.25) is 0 Å². The van der Waals surface area contributed by atoms with E-state index in [1.165, 1.54) is 6.33 Å². The molecule has 0 saturated carbocycles. The van der Waals surface area contributed by atoms with Crippen molar-refractivity contribution in [2.24, 2.45) is 0 Å². The SMILES string of the molecule is COc1ccc(CNc2ccc(CC3CNc4ncnc(OC)c43)cn2)cn1. The topological polar surface area (TPSA) is 94.1 Å². The van der Waals surface area contributed by atoms with Crippen LogP contribution in [0.4, 0.5) is 11.6 Å². The number of aromatic nitrogens is 4. The number of nitrogens with zero attached hydrogens (tertiary/aromatic N) is 4. The van der Waals surface area contributed by atoms with E-state index in [9.17, 15) is 0 Å². The van der Waals surface area contributed by atoms with Gasteiger partial charge < -0.3 is 20.1 Å². The number of anilines is 2. The third kappa shape index (κ3) is 3.80. The third-order valence-corrected chi connectivity index (χ3v) is 4.75. The van der Waals surface area contributed by atoms with Gasteiger partial charge in [0.2, 0.25) is 11.8 Å². The zero-order chi connectivity index (χ0) is 19.3. The molecule has 1 aliphatic heterocycles. The van der Waals surface area contributed by atoms with E-state index in [-0.39, 0.29) is 5.92 Å². The lowest BCUT2D eigenvalue weighted by Crippen LogP contribution is -2.07. The molecule has 144 valence electrons. The van der Waals surface area contributed by atoms with Gasteiger partial charge in [-0.05, 0) is 23.6 Å². The molecule has 0 bridgehead atoms. The van der Waals surface area contributed by atoms with E-state index in [0.717, 1.165) is 41.3 Å². The van der Waals surface area contributed by atoms with E-state index >= 15 is 0 Å². The Morgan fingerprint density at radius 1 is 1.00 bits per heavy atom. The van der Waals surface area contributed by atoms with Crippen LogP contribution in [0.25, 0.3) is 0 Å². The van der Waals surface area contributed by atoms with Gasteiger partial charge >= 0.3 is 0 Å². The molecule has 4 rings (SSSR count). The Labute approximate surface area is 163 Å². The predicted octanol–water partition coefficient (Wildman–Crippen LogP) is 2.65. The Bertz CT molecular complexity index is 930. The first-order valence-corrected chi connectivity index (χ1v) is 9.07. The molecule has 8 heteroatoms. The number of rotatable bonds is 7. The van der Waals surface area contributed by atoms with Crippen LogP contribution in [0.15, 0.2) is 43.0 Å². The molecule has 1 aliphatic rings. The summed E-state index contributed by atoms with van der Waals surface area (Å²) in [6.07, 6.45) is 6.07. The lowest BCUT2D eigenvalue weighted by molar-refractivity contribution is 0.389. The molecule has 0 aliphatic carbocycles. The largest absolute Gasteiger partial charge is 0.481 e. The van der Waals surface area contributed by atoms with Gasteiger partial charge in [-0.2, -0.15) is 0 Å². The van der Waals surface area contributed by atoms with E-state index in [4.69, 9.17) is 9.47 Å². The minimum atomic E-state index is 0.261. The smallest absolute Gasteiger partial charge is 0.221 e. The van der Waals surface area contributed by atoms with Crippen LogP contribution in [-0.4, -0.2) is 40.7 Å². The molecule has 0 radical (unpaired) electrons. The summed E-state index contributed by atoms with van der Waals surface area (Å²) in [4.78, 5) is 17.3. The van der Waals surface area contributed by atoms with E-state index < -0.39 is 0 Å². The molecule has 1 unspecified atom stereocenters. The number of nitrogens with one attached hydrogen (secondary N) is 2. The van der Waals surface area contributed by atoms with Crippen LogP contribution < -0.4 is 20.1 Å². The highest BCUT2D eigenvalue weighted by Gasteiger charge is 2.28. The molecule has 3 aromatic rings. The van der Waals surface area contributed by atoms with Gasteiger partial charge in [-0.15, -0.1) is 0 Å². The molecular formula is C20H22N6O2. The van der Waals surface area contributed by atoms with Crippen LogP contribution in [0, 0.1) is 0 Å². The number of pyridine rings is 2. The Morgan fingerprint density at radius 2 is 1.86 bits per heavy atom. The first kappa shape index (κ1) is 18.0. The lowest BCUT2D eigenvalue weighted by atomic mass is 9.96. The minimum absolute atomic E-state index is 0.261. The van der Waals surface area contributed by atoms with Crippen molar-refractivity contribution < 1.29 is 9.47 Å². The Morgan fingerprint density at radius 3 is 2.57 bits per heavy atom. The molecule has 0 spiro atoms. The molecule has 4 heterocycles. The average molecular weight is 378 g/mol. The van der Waals surface area contributed by atoms with Crippen molar-refractivity contribution in [1.29, 1.82) is 0 Å². The van der Waals surface area contributed by atoms with Crippen molar-refractivity contribution in [2.75, 3.05) is 31.4 Å². The van der Waals surface area contributed by atoms with Gasteiger partial charge in [0.1, 0.15) is 18.0 Å². The van der Waals surface area contributed by atoms with Crippen molar-refractivity contribution in [1.82, 2.24) is 19.9 Å². The highest BCUT2D eigenvalue weighted by atomic mass is 16.5. The Balaban J connectivity index is 1.38. The van der Waals surface area contributed by atoms with E-state index in [2.05, 4.69) is 36.6 Å². The lowest BCUT2D eigenvalue weighted by Gasteiger charge is -2.13. The van der Waals surface area contributed by atoms with Crippen molar-refractivity contribution in [3.63, 3.8) is 0 Å². The molecule has 3 aromatic heterocycles. The van der Waals surface area contributed by atoms with Crippen molar-refractivity contribution in [2.45, 2.75) is 18.9 Å². The van der Waals surface area contributed by atoms with Crippen LogP contribution in [-0.2, 0) is 13.0 Å². The molecule has 8 nitrogen and oxygen atoms in total. The van der Waals surface area contributed by atoms with Gasteiger partial charge in [-0.25, -0.2) is 19.9 Å². The highest BCUT2D eigenvalue weighted by molar-refractivity contribution is 5.56. The van der Waals surface area contributed by atoms with E-state index in [1.54, 1.807) is 20.4 Å². The zero-order valence-corrected chi connectivity index (χ0v) is 15.8. The van der Waals surface area contributed by atoms with Gasteiger partial charge in [0.25, 0.3) is 0 Å². The maximum absolute atomic E-state index is 5.40. The summed E-state index contributed by atoms with van der Waals surface area (Å²) in [7, 11) is 3.24. The summed E-state index contributed by atoms with van der Waals surface area (Å²) in [5.41, 5.74) is 3.26. The zero-order valence-electron chi connectivity index (χ0n) is 15.8. The minimum Gasteiger partial charge on any atom is -0.481 e. The summed E-state index contributed by atoms with van der Waals surface area (Å²) in [6, 6.07) is 7.91. The first-order chi connectivity index (χ1) is 13.8. The molecule has 2 N–H and O–H groups in total. The summed E-state index contributed by atoms with van der Waals surface area (Å²) >= 11 is 0. The normalized spacial score (nSPS) is 14.9. The maximum Gasteiger partial charge on any atom is 0.221 e. The number of hydrogen-bond acceptors (Lipinski definition) is 8. The number of hydrogen-bond donors (Lipinski definition) is 2. The molecule has 0 amide bonds. The van der Waals surface area contributed by atoms with Gasteiger partial charge in [0, 0.05) is 37.5 Å². The fourth-order valence-corrected chi connectivity index (χ4v) is 3.31. The number of fused-ring (bicyclic) bond motifs is 1. The summed E-state index contributed by atoms with van der Waals surface area (Å²) in [5.74, 6) is 3.19. The third-order valence-electron chi connectivity index (χ3n) is 4.75. The highest BCUT2D eigenvalue weighted by Crippen LogP contribution is 2.37. The Hall–Kier alpha value is -3.42. The quantitative estimate of drug-likeness (QED) is 0.648. The summed E-state index contributed by atoms with van der Waals surface area (Å²) in [5, 5.41) is 6.63. The van der Waals surface area contributed by atoms with Gasteiger partial charge in [0.15, 0.2) is 0 Å². The van der Waals surface area contributed by atoms with Crippen LogP contribution in [0.5, 0.6) is 11.8 Å². The van der Waals surface area contributed by atoms with Crippen LogP contribution in [0.3, 0.4) is 0 Å². The second kappa shape index (κ2) is 8.08. The van der Waals surface area contributed by atoms with Crippen molar-refractivity contribution in [3.05, 3.63) is 59.7 Å².